The van der Waals surface area contributed by atoms with Gasteiger partial charge in [0.1, 0.15) is 0 Å². The van der Waals surface area contributed by atoms with Crippen molar-refractivity contribution in [3.05, 3.63) is 28.7 Å². The summed E-state index contributed by atoms with van der Waals surface area (Å²) >= 11 is 3.59. The zero-order valence-electron chi connectivity index (χ0n) is 11.1. The summed E-state index contributed by atoms with van der Waals surface area (Å²) < 4.78 is 1.17. The third-order valence-electron chi connectivity index (χ3n) is 4.39. The minimum atomic E-state index is 0.355. The highest BCUT2D eigenvalue weighted by atomic mass is 79.9. The molecule has 18 heavy (non-hydrogen) atoms. The molecule has 0 saturated carbocycles. The standard InChI is InChI=1S/C15H21BrN2/c1-15(2)10-17-13-7-4-8-18(14(13)15)12-6-3-5-11(16)9-12/h3,5-6,9,13-14,17H,4,7-8,10H2,1-2H3. The molecule has 0 bridgehead atoms. The van der Waals surface area contributed by atoms with Gasteiger partial charge in [0.15, 0.2) is 0 Å². The molecule has 1 N–H and O–H groups in total. The summed E-state index contributed by atoms with van der Waals surface area (Å²) in [5.74, 6) is 0. The molecule has 3 rings (SSSR count). The van der Waals surface area contributed by atoms with E-state index in [0.29, 0.717) is 17.5 Å². The molecule has 0 spiro atoms. The minimum Gasteiger partial charge on any atom is -0.366 e. The number of nitrogens with zero attached hydrogens (tertiary/aromatic N) is 1. The van der Waals surface area contributed by atoms with Gasteiger partial charge in [-0.25, -0.2) is 0 Å². The van der Waals surface area contributed by atoms with Gasteiger partial charge in [-0.05, 0) is 36.5 Å². The van der Waals surface area contributed by atoms with E-state index in [1.165, 1.54) is 29.5 Å². The van der Waals surface area contributed by atoms with Crippen LogP contribution in [0, 0.1) is 5.41 Å². The van der Waals surface area contributed by atoms with E-state index >= 15 is 0 Å². The van der Waals surface area contributed by atoms with Crippen molar-refractivity contribution < 1.29 is 0 Å². The van der Waals surface area contributed by atoms with E-state index in [2.05, 4.69) is 64.3 Å². The van der Waals surface area contributed by atoms with Gasteiger partial charge < -0.3 is 10.2 Å². The molecule has 2 saturated heterocycles. The predicted octanol–water partition coefficient (Wildman–Crippen LogP) is 3.42. The predicted molar refractivity (Wildman–Crippen MR) is 80.1 cm³/mol. The average molecular weight is 309 g/mol. The van der Waals surface area contributed by atoms with Gasteiger partial charge in [-0.1, -0.05) is 35.8 Å². The first-order chi connectivity index (χ1) is 8.58. The first-order valence-corrected chi connectivity index (χ1v) is 7.63. The summed E-state index contributed by atoms with van der Waals surface area (Å²) in [7, 11) is 0. The Kier molecular flexibility index (Phi) is 3.15. The number of rotatable bonds is 1. The Hall–Kier alpha value is -0.540. The first-order valence-electron chi connectivity index (χ1n) is 6.83. The molecular weight excluding hydrogens is 288 g/mol. The maximum absolute atomic E-state index is 3.71. The highest BCUT2D eigenvalue weighted by Gasteiger charge is 2.46. The molecule has 2 aliphatic rings. The van der Waals surface area contributed by atoms with Crippen molar-refractivity contribution in [3.8, 4) is 0 Å². The van der Waals surface area contributed by atoms with Crippen LogP contribution in [0.15, 0.2) is 28.7 Å². The lowest BCUT2D eigenvalue weighted by molar-refractivity contribution is 0.291. The van der Waals surface area contributed by atoms with Crippen molar-refractivity contribution in [1.82, 2.24) is 5.32 Å². The normalized spacial score (nSPS) is 30.3. The van der Waals surface area contributed by atoms with E-state index in [9.17, 15) is 0 Å². The Balaban J connectivity index is 1.95. The van der Waals surface area contributed by atoms with Gasteiger partial charge in [0, 0.05) is 29.3 Å². The van der Waals surface area contributed by atoms with E-state index < -0.39 is 0 Å². The Bertz CT molecular complexity index is 444. The van der Waals surface area contributed by atoms with Crippen LogP contribution < -0.4 is 10.2 Å². The monoisotopic (exact) mass is 308 g/mol. The summed E-state index contributed by atoms with van der Waals surface area (Å²) in [5, 5.41) is 3.71. The lowest BCUT2D eigenvalue weighted by Crippen LogP contribution is -2.53. The zero-order valence-corrected chi connectivity index (χ0v) is 12.7. The molecule has 2 unspecified atom stereocenters. The summed E-state index contributed by atoms with van der Waals surface area (Å²) in [5.41, 5.74) is 1.71. The molecule has 1 aromatic rings. The lowest BCUT2D eigenvalue weighted by atomic mass is 9.80. The second-order valence-electron chi connectivity index (χ2n) is 6.24. The number of halogens is 1. The van der Waals surface area contributed by atoms with Crippen LogP contribution in [0.25, 0.3) is 0 Å². The number of hydrogen-bond donors (Lipinski definition) is 1. The third-order valence-corrected chi connectivity index (χ3v) is 4.88. The summed E-state index contributed by atoms with van der Waals surface area (Å²) in [4.78, 5) is 2.61. The Morgan fingerprint density at radius 3 is 3.00 bits per heavy atom. The molecule has 2 fully saturated rings. The number of benzene rings is 1. The quantitative estimate of drug-likeness (QED) is 0.855. The van der Waals surface area contributed by atoms with Crippen molar-refractivity contribution in [2.75, 3.05) is 18.0 Å². The van der Waals surface area contributed by atoms with Gasteiger partial charge in [0.25, 0.3) is 0 Å². The molecule has 0 radical (unpaired) electrons. The van der Waals surface area contributed by atoms with Crippen LogP contribution >= 0.6 is 15.9 Å². The topological polar surface area (TPSA) is 15.3 Å². The number of nitrogens with one attached hydrogen (secondary N) is 1. The zero-order chi connectivity index (χ0) is 12.8. The lowest BCUT2D eigenvalue weighted by Gasteiger charge is -2.44. The molecular formula is C15H21BrN2. The van der Waals surface area contributed by atoms with Crippen molar-refractivity contribution >= 4 is 21.6 Å². The highest BCUT2D eigenvalue weighted by Crippen LogP contribution is 2.39. The van der Waals surface area contributed by atoms with Crippen LogP contribution in [0.1, 0.15) is 26.7 Å². The fourth-order valence-electron chi connectivity index (χ4n) is 3.62. The smallest absolute Gasteiger partial charge is 0.0506 e. The Morgan fingerprint density at radius 1 is 1.39 bits per heavy atom. The first kappa shape index (κ1) is 12.5. The van der Waals surface area contributed by atoms with Crippen molar-refractivity contribution in [2.24, 2.45) is 5.41 Å². The molecule has 3 heteroatoms. The number of piperidine rings is 1. The number of anilines is 1. The molecule has 98 valence electrons. The average Bonchev–Trinajstić information content (AvgIpc) is 2.66. The third kappa shape index (κ3) is 2.08. The van der Waals surface area contributed by atoms with Crippen molar-refractivity contribution in [2.45, 2.75) is 38.8 Å². The molecule has 2 heterocycles. The highest BCUT2D eigenvalue weighted by molar-refractivity contribution is 9.10. The Morgan fingerprint density at radius 2 is 2.22 bits per heavy atom. The van der Waals surface area contributed by atoms with Crippen LogP contribution in [0.5, 0.6) is 0 Å². The van der Waals surface area contributed by atoms with E-state index in [1.807, 2.05) is 0 Å². The van der Waals surface area contributed by atoms with E-state index in [0.717, 1.165) is 6.54 Å². The van der Waals surface area contributed by atoms with Crippen LogP contribution in [0.4, 0.5) is 5.69 Å². The van der Waals surface area contributed by atoms with Gasteiger partial charge in [0.05, 0.1) is 6.04 Å². The van der Waals surface area contributed by atoms with Crippen molar-refractivity contribution in [1.29, 1.82) is 0 Å². The van der Waals surface area contributed by atoms with E-state index in [-0.39, 0.29) is 0 Å². The molecule has 0 amide bonds. The van der Waals surface area contributed by atoms with Crippen LogP contribution in [-0.4, -0.2) is 25.2 Å². The summed E-state index contributed by atoms with van der Waals surface area (Å²) in [6.07, 6.45) is 2.61. The number of hydrogen-bond acceptors (Lipinski definition) is 2. The van der Waals surface area contributed by atoms with Crippen LogP contribution in [0.2, 0.25) is 0 Å². The maximum atomic E-state index is 3.71. The van der Waals surface area contributed by atoms with Crippen LogP contribution in [0.3, 0.4) is 0 Å². The van der Waals surface area contributed by atoms with E-state index in [4.69, 9.17) is 0 Å². The Labute approximate surface area is 118 Å². The fraction of sp³-hybridized carbons (Fsp3) is 0.600. The van der Waals surface area contributed by atoms with E-state index in [1.54, 1.807) is 0 Å². The summed E-state index contributed by atoms with van der Waals surface area (Å²) in [6.45, 7) is 7.09. The van der Waals surface area contributed by atoms with Gasteiger partial charge in [-0.15, -0.1) is 0 Å². The van der Waals surface area contributed by atoms with Crippen LogP contribution in [-0.2, 0) is 0 Å². The molecule has 2 nitrogen and oxygen atoms in total. The maximum Gasteiger partial charge on any atom is 0.0506 e. The molecule has 1 aromatic carbocycles. The van der Waals surface area contributed by atoms with Gasteiger partial charge in [-0.3, -0.25) is 0 Å². The second kappa shape index (κ2) is 4.53. The molecule has 2 atom stereocenters. The van der Waals surface area contributed by atoms with Gasteiger partial charge >= 0.3 is 0 Å². The van der Waals surface area contributed by atoms with Crippen molar-refractivity contribution in [3.63, 3.8) is 0 Å². The van der Waals surface area contributed by atoms with Gasteiger partial charge in [0.2, 0.25) is 0 Å². The fourth-order valence-corrected chi connectivity index (χ4v) is 4.01. The van der Waals surface area contributed by atoms with Gasteiger partial charge in [-0.2, -0.15) is 0 Å². The summed E-state index contributed by atoms with van der Waals surface area (Å²) in [6, 6.07) is 10.0. The minimum absolute atomic E-state index is 0.355. The molecule has 0 aliphatic carbocycles. The number of fused-ring (bicyclic) bond motifs is 1. The second-order valence-corrected chi connectivity index (χ2v) is 7.15. The molecule has 2 aliphatic heterocycles. The largest absolute Gasteiger partial charge is 0.366 e. The SMILES string of the molecule is CC1(C)CNC2CCCN(c3cccc(Br)c3)C21. The molecule has 0 aromatic heterocycles.